The lowest BCUT2D eigenvalue weighted by molar-refractivity contribution is -0.119. The normalized spacial score (nSPS) is 12.1. The van der Waals surface area contributed by atoms with Crippen molar-refractivity contribution < 1.29 is 18.0 Å². The van der Waals surface area contributed by atoms with Crippen LogP contribution in [0.5, 0.6) is 0 Å². The molecule has 9 heteroatoms. The molecular weight excluding hydrogens is 374 g/mol. The number of rotatable bonds is 7. The molecule has 0 radical (unpaired) electrons. The van der Waals surface area contributed by atoms with E-state index < -0.39 is 17.7 Å². The lowest BCUT2D eigenvalue weighted by Gasteiger charge is -2.15. The van der Waals surface area contributed by atoms with E-state index >= 15 is 0 Å². The maximum Gasteiger partial charge on any atom is 0.230 e. The molecule has 0 saturated heterocycles. The van der Waals surface area contributed by atoms with Crippen molar-refractivity contribution >= 4 is 17.7 Å². The summed E-state index contributed by atoms with van der Waals surface area (Å²) in [4.78, 5) is 12.2. The minimum Gasteiger partial charge on any atom is -0.461 e. The highest BCUT2D eigenvalue weighted by Gasteiger charge is 2.18. The number of benzene rings is 1. The van der Waals surface area contributed by atoms with Gasteiger partial charge in [0.25, 0.3) is 0 Å². The zero-order valence-electron chi connectivity index (χ0n) is 14.8. The third-order valence-electron chi connectivity index (χ3n) is 3.91. The number of aromatic nitrogens is 3. The Balaban J connectivity index is 1.62. The molecule has 0 spiro atoms. The van der Waals surface area contributed by atoms with Crippen LogP contribution in [-0.2, 0) is 11.3 Å². The largest absolute Gasteiger partial charge is 0.461 e. The Bertz CT molecular complexity index is 928. The summed E-state index contributed by atoms with van der Waals surface area (Å²) in [5, 5.41) is 11.5. The molecule has 1 amide bonds. The molecular formula is C18H18F2N4O2S. The number of halogens is 2. The van der Waals surface area contributed by atoms with E-state index in [0.717, 1.165) is 12.1 Å². The summed E-state index contributed by atoms with van der Waals surface area (Å²) >= 11 is 1.22. The van der Waals surface area contributed by atoms with E-state index in [2.05, 4.69) is 15.5 Å². The highest BCUT2D eigenvalue weighted by atomic mass is 32.2. The molecule has 1 N–H and O–H groups in total. The van der Waals surface area contributed by atoms with Gasteiger partial charge < -0.3 is 9.73 Å². The maximum atomic E-state index is 13.8. The Labute approximate surface area is 159 Å². The van der Waals surface area contributed by atoms with Crippen molar-refractivity contribution in [2.24, 2.45) is 0 Å². The number of carbonyl (C=O) groups excluding carboxylic acids is 1. The van der Waals surface area contributed by atoms with Crippen molar-refractivity contribution in [3.63, 3.8) is 0 Å². The van der Waals surface area contributed by atoms with Crippen LogP contribution in [0.3, 0.4) is 0 Å². The third-order valence-corrected chi connectivity index (χ3v) is 4.88. The summed E-state index contributed by atoms with van der Waals surface area (Å²) in [6.07, 6.45) is 1.56. The van der Waals surface area contributed by atoms with Crippen molar-refractivity contribution in [3.05, 3.63) is 53.8 Å². The number of nitrogens with one attached hydrogen (secondary N) is 1. The number of thioether (sulfide) groups is 1. The zero-order valence-corrected chi connectivity index (χ0v) is 15.6. The Hall–Kier alpha value is -2.68. The number of carbonyl (C=O) groups is 1. The summed E-state index contributed by atoms with van der Waals surface area (Å²) in [5.74, 6) is -0.362. The molecule has 142 valence electrons. The van der Waals surface area contributed by atoms with Crippen LogP contribution in [-0.4, -0.2) is 26.4 Å². The second-order valence-corrected chi connectivity index (χ2v) is 6.71. The molecule has 1 atom stereocenters. The van der Waals surface area contributed by atoms with Crippen molar-refractivity contribution in [2.45, 2.75) is 31.6 Å². The third kappa shape index (κ3) is 4.36. The van der Waals surface area contributed by atoms with Gasteiger partial charge in [-0.3, -0.25) is 9.36 Å². The van der Waals surface area contributed by atoms with E-state index in [1.54, 1.807) is 25.3 Å². The Kier molecular flexibility index (Phi) is 5.90. The van der Waals surface area contributed by atoms with Gasteiger partial charge in [0.1, 0.15) is 11.6 Å². The van der Waals surface area contributed by atoms with Crippen LogP contribution in [0.1, 0.15) is 25.5 Å². The van der Waals surface area contributed by atoms with Gasteiger partial charge in [-0.15, -0.1) is 10.2 Å². The van der Waals surface area contributed by atoms with Crippen molar-refractivity contribution in [3.8, 4) is 11.6 Å². The number of hydrogen-bond acceptors (Lipinski definition) is 5. The van der Waals surface area contributed by atoms with Crippen LogP contribution < -0.4 is 5.32 Å². The SMILES string of the molecule is CCn1c(SCC(=O)N[C@@H](C)c2ccc(F)cc2F)nnc1-c1ccco1. The van der Waals surface area contributed by atoms with Gasteiger partial charge in [-0.1, -0.05) is 17.8 Å². The molecule has 1 aromatic carbocycles. The lowest BCUT2D eigenvalue weighted by Crippen LogP contribution is -2.28. The second-order valence-electron chi connectivity index (χ2n) is 5.77. The Morgan fingerprint density at radius 1 is 1.33 bits per heavy atom. The Morgan fingerprint density at radius 2 is 2.15 bits per heavy atom. The quantitative estimate of drug-likeness (QED) is 0.619. The highest BCUT2D eigenvalue weighted by Crippen LogP contribution is 2.24. The predicted octanol–water partition coefficient (Wildman–Crippen LogP) is 3.81. The van der Waals surface area contributed by atoms with Crippen LogP contribution in [0.4, 0.5) is 8.78 Å². The molecule has 2 heterocycles. The van der Waals surface area contributed by atoms with Gasteiger partial charge in [0, 0.05) is 18.2 Å². The van der Waals surface area contributed by atoms with Gasteiger partial charge in [-0.2, -0.15) is 0 Å². The van der Waals surface area contributed by atoms with E-state index in [1.165, 1.54) is 17.8 Å². The van der Waals surface area contributed by atoms with Crippen LogP contribution in [0.2, 0.25) is 0 Å². The fraction of sp³-hybridized carbons (Fsp3) is 0.278. The summed E-state index contributed by atoms with van der Waals surface area (Å²) in [7, 11) is 0. The molecule has 0 unspecified atom stereocenters. The minimum atomic E-state index is -0.690. The van der Waals surface area contributed by atoms with E-state index in [-0.39, 0.29) is 17.2 Å². The Morgan fingerprint density at radius 3 is 2.81 bits per heavy atom. The molecule has 0 aliphatic rings. The molecule has 6 nitrogen and oxygen atoms in total. The first kappa shape index (κ1) is 19.1. The second kappa shape index (κ2) is 8.34. The standard InChI is InChI=1S/C18H18F2N4O2S/c1-3-24-17(15-5-4-8-26-15)22-23-18(24)27-10-16(25)21-11(2)13-7-6-12(19)9-14(13)20/h4-9,11H,3,10H2,1-2H3,(H,21,25)/t11-/m0/s1. The number of hydrogen-bond donors (Lipinski definition) is 1. The van der Waals surface area contributed by atoms with E-state index in [4.69, 9.17) is 4.42 Å². The smallest absolute Gasteiger partial charge is 0.230 e. The van der Waals surface area contributed by atoms with Crippen LogP contribution >= 0.6 is 11.8 Å². The van der Waals surface area contributed by atoms with Crippen molar-refractivity contribution in [1.29, 1.82) is 0 Å². The number of nitrogens with zero attached hydrogens (tertiary/aromatic N) is 3. The summed E-state index contributed by atoms with van der Waals surface area (Å²) in [5.41, 5.74) is 0.228. The minimum absolute atomic E-state index is 0.0867. The van der Waals surface area contributed by atoms with Crippen LogP contribution in [0.15, 0.2) is 46.2 Å². The summed E-state index contributed by atoms with van der Waals surface area (Å²) < 4.78 is 34.0. The first-order valence-corrected chi connectivity index (χ1v) is 9.32. The average molecular weight is 392 g/mol. The van der Waals surface area contributed by atoms with Gasteiger partial charge in [0.15, 0.2) is 16.7 Å². The molecule has 0 bridgehead atoms. The first-order chi connectivity index (χ1) is 13.0. The molecule has 0 aliphatic carbocycles. The van der Waals surface area contributed by atoms with Crippen molar-refractivity contribution in [2.75, 3.05) is 5.75 Å². The van der Waals surface area contributed by atoms with Gasteiger partial charge in [-0.25, -0.2) is 8.78 Å². The molecule has 27 heavy (non-hydrogen) atoms. The fourth-order valence-corrected chi connectivity index (χ4v) is 3.43. The molecule has 3 aromatic rings. The first-order valence-electron chi connectivity index (χ1n) is 8.33. The van der Waals surface area contributed by atoms with Gasteiger partial charge in [0.2, 0.25) is 5.91 Å². The van der Waals surface area contributed by atoms with Gasteiger partial charge in [-0.05, 0) is 32.0 Å². The fourth-order valence-electron chi connectivity index (χ4n) is 2.61. The molecule has 0 saturated carbocycles. The number of amides is 1. The summed E-state index contributed by atoms with van der Waals surface area (Å²) in [6, 6.07) is 6.26. The maximum absolute atomic E-state index is 13.8. The zero-order chi connectivity index (χ0) is 19.4. The van der Waals surface area contributed by atoms with Crippen LogP contribution in [0, 0.1) is 11.6 Å². The average Bonchev–Trinajstić information content (AvgIpc) is 3.28. The van der Waals surface area contributed by atoms with E-state index in [1.807, 2.05) is 11.5 Å². The van der Waals surface area contributed by atoms with E-state index in [9.17, 15) is 13.6 Å². The van der Waals surface area contributed by atoms with Gasteiger partial charge >= 0.3 is 0 Å². The monoisotopic (exact) mass is 392 g/mol. The van der Waals surface area contributed by atoms with Crippen LogP contribution in [0.25, 0.3) is 11.6 Å². The summed E-state index contributed by atoms with van der Waals surface area (Å²) in [6.45, 7) is 4.20. The highest BCUT2D eigenvalue weighted by molar-refractivity contribution is 7.99. The van der Waals surface area contributed by atoms with E-state index in [0.29, 0.717) is 23.3 Å². The molecule has 3 rings (SSSR count). The predicted molar refractivity (Wildman–Crippen MR) is 97.0 cm³/mol. The molecule has 0 aliphatic heterocycles. The topological polar surface area (TPSA) is 73.0 Å². The van der Waals surface area contributed by atoms with Gasteiger partial charge in [0.05, 0.1) is 18.1 Å². The van der Waals surface area contributed by atoms with Crippen molar-refractivity contribution in [1.82, 2.24) is 20.1 Å². The lowest BCUT2D eigenvalue weighted by atomic mass is 10.1. The molecule has 0 fully saturated rings. The molecule has 2 aromatic heterocycles. The number of furan rings is 1.